The number of halogens is 1. The van der Waals surface area contributed by atoms with Crippen molar-refractivity contribution in [2.75, 3.05) is 5.32 Å². The Morgan fingerprint density at radius 2 is 2.08 bits per heavy atom. The maximum absolute atomic E-state index is 11.2. The summed E-state index contributed by atoms with van der Waals surface area (Å²) in [4.78, 5) is 19.7. The van der Waals surface area contributed by atoms with Gasteiger partial charge in [-0.2, -0.15) is 0 Å². The van der Waals surface area contributed by atoms with Crippen molar-refractivity contribution in [2.45, 2.75) is 26.9 Å². The van der Waals surface area contributed by atoms with Crippen molar-refractivity contribution >= 4 is 44.2 Å². The number of aromatic nitrogens is 2. The number of anilines is 1. The number of rotatable bonds is 4. The molecule has 24 heavy (non-hydrogen) atoms. The van der Waals surface area contributed by atoms with Crippen molar-refractivity contribution in [3.63, 3.8) is 0 Å². The molecule has 3 aromatic rings. The lowest BCUT2D eigenvalue weighted by Crippen LogP contribution is -2.06. The number of carbonyl (C=O) groups is 1. The summed E-state index contributed by atoms with van der Waals surface area (Å²) in [5, 5.41) is 3.65. The molecule has 0 fully saturated rings. The van der Waals surface area contributed by atoms with E-state index in [4.69, 9.17) is 16.3 Å². The van der Waals surface area contributed by atoms with Gasteiger partial charge >= 0.3 is 0 Å². The number of ether oxygens (including phenoxy) is 1. The predicted molar refractivity (Wildman–Crippen MR) is 97.9 cm³/mol. The zero-order valence-electron chi connectivity index (χ0n) is 13.5. The molecule has 5 nitrogen and oxygen atoms in total. The molecule has 0 saturated heterocycles. The fraction of sp³-hybridized carbons (Fsp3) is 0.235. The third-order valence-electron chi connectivity index (χ3n) is 3.17. The Labute approximate surface area is 148 Å². The van der Waals surface area contributed by atoms with E-state index in [0.717, 1.165) is 21.3 Å². The maximum atomic E-state index is 11.2. The number of carbonyl (C=O) groups excluding carboxylic acids is 1. The Bertz CT molecular complexity index is 908. The zero-order chi connectivity index (χ0) is 17.3. The van der Waals surface area contributed by atoms with Crippen LogP contribution in [0.3, 0.4) is 0 Å². The highest BCUT2D eigenvalue weighted by Crippen LogP contribution is 2.33. The Morgan fingerprint density at radius 3 is 2.79 bits per heavy atom. The van der Waals surface area contributed by atoms with Crippen LogP contribution in [0.5, 0.6) is 5.75 Å². The van der Waals surface area contributed by atoms with E-state index in [0.29, 0.717) is 16.0 Å². The van der Waals surface area contributed by atoms with Crippen molar-refractivity contribution in [2.24, 2.45) is 0 Å². The SMILES string of the molecule is CC(=O)Nc1nc2ccc(-c3cnc(Cl)c(OC(C)C)c3)cc2s1. The van der Waals surface area contributed by atoms with Gasteiger partial charge in [-0.15, -0.1) is 0 Å². The number of nitrogens with zero attached hydrogens (tertiary/aromatic N) is 2. The molecule has 1 N–H and O–H groups in total. The van der Waals surface area contributed by atoms with Crippen LogP contribution < -0.4 is 10.1 Å². The number of hydrogen-bond acceptors (Lipinski definition) is 5. The summed E-state index contributed by atoms with van der Waals surface area (Å²) in [5.41, 5.74) is 2.73. The summed E-state index contributed by atoms with van der Waals surface area (Å²) >= 11 is 7.52. The van der Waals surface area contributed by atoms with Gasteiger partial charge in [-0.3, -0.25) is 4.79 Å². The summed E-state index contributed by atoms with van der Waals surface area (Å²) in [7, 11) is 0. The topological polar surface area (TPSA) is 64.1 Å². The van der Waals surface area contributed by atoms with Crippen LogP contribution in [0.15, 0.2) is 30.5 Å². The molecule has 1 aromatic carbocycles. The standard InChI is InChI=1S/C17H16ClN3O2S/c1-9(2)23-14-6-12(8-19-16(14)18)11-4-5-13-15(7-11)24-17(21-13)20-10(3)22/h4-9H,1-3H3,(H,20,21,22). The molecule has 3 rings (SSSR count). The minimum absolute atomic E-state index is 0.0174. The van der Waals surface area contributed by atoms with Crippen LogP contribution in [0, 0.1) is 0 Å². The minimum atomic E-state index is -0.133. The Balaban J connectivity index is 1.98. The van der Waals surface area contributed by atoms with Crippen LogP contribution >= 0.6 is 22.9 Å². The van der Waals surface area contributed by atoms with E-state index in [1.807, 2.05) is 38.1 Å². The lowest BCUT2D eigenvalue weighted by molar-refractivity contribution is -0.114. The van der Waals surface area contributed by atoms with E-state index >= 15 is 0 Å². The summed E-state index contributed by atoms with van der Waals surface area (Å²) in [6.07, 6.45) is 1.73. The molecule has 0 atom stereocenters. The number of pyridine rings is 1. The third-order valence-corrected chi connectivity index (χ3v) is 4.39. The van der Waals surface area contributed by atoms with Crippen LogP contribution in [0.4, 0.5) is 5.13 Å². The molecule has 2 heterocycles. The van der Waals surface area contributed by atoms with Crippen molar-refractivity contribution < 1.29 is 9.53 Å². The highest BCUT2D eigenvalue weighted by atomic mass is 35.5. The molecule has 0 bridgehead atoms. The number of benzene rings is 1. The molecule has 0 radical (unpaired) electrons. The smallest absolute Gasteiger partial charge is 0.223 e. The van der Waals surface area contributed by atoms with Crippen LogP contribution in [0.1, 0.15) is 20.8 Å². The first-order valence-electron chi connectivity index (χ1n) is 7.43. The summed E-state index contributed by atoms with van der Waals surface area (Å²) in [6, 6.07) is 7.78. The molecule has 0 aliphatic rings. The van der Waals surface area contributed by atoms with Gasteiger partial charge in [-0.05, 0) is 37.6 Å². The normalized spacial score (nSPS) is 11.0. The van der Waals surface area contributed by atoms with Crippen molar-refractivity contribution in [1.29, 1.82) is 0 Å². The molecule has 0 aliphatic heterocycles. The van der Waals surface area contributed by atoms with Gasteiger partial charge in [0, 0.05) is 18.7 Å². The molecule has 7 heteroatoms. The largest absolute Gasteiger partial charge is 0.488 e. The van der Waals surface area contributed by atoms with Crippen LogP contribution in [0.25, 0.3) is 21.3 Å². The van der Waals surface area contributed by atoms with Crippen molar-refractivity contribution in [3.05, 3.63) is 35.6 Å². The summed E-state index contributed by atoms with van der Waals surface area (Å²) in [5.74, 6) is 0.430. The van der Waals surface area contributed by atoms with Gasteiger partial charge in [0.15, 0.2) is 16.0 Å². The number of amides is 1. The average Bonchev–Trinajstić information content (AvgIpc) is 2.89. The second kappa shape index (κ2) is 6.75. The summed E-state index contributed by atoms with van der Waals surface area (Å²) < 4.78 is 6.67. The van der Waals surface area contributed by atoms with Gasteiger partial charge in [-0.25, -0.2) is 9.97 Å². The predicted octanol–water partition coefficient (Wildman–Crippen LogP) is 4.76. The third kappa shape index (κ3) is 3.66. The molecular formula is C17H16ClN3O2S. The van der Waals surface area contributed by atoms with Gasteiger partial charge in [0.25, 0.3) is 0 Å². The van der Waals surface area contributed by atoms with Gasteiger partial charge in [0.1, 0.15) is 0 Å². The second-order valence-corrected chi connectivity index (χ2v) is 6.95. The van der Waals surface area contributed by atoms with Crippen molar-refractivity contribution in [1.82, 2.24) is 9.97 Å². The van der Waals surface area contributed by atoms with E-state index in [-0.39, 0.29) is 12.0 Å². The van der Waals surface area contributed by atoms with Gasteiger partial charge in [0.05, 0.1) is 16.3 Å². The van der Waals surface area contributed by atoms with Gasteiger partial charge in [0.2, 0.25) is 5.91 Å². The minimum Gasteiger partial charge on any atom is -0.488 e. The lowest BCUT2D eigenvalue weighted by Gasteiger charge is -2.12. The van der Waals surface area contributed by atoms with Crippen LogP contribution in [-0.4, -0.2) is 22.0 Å². The molecule has 124 valence electrons. The van der Waals surface area contributed by atoms with Crippen LogP contribution in [0.2, 0.25) is 5.15 Å². The fourth-order valence-electron chi connectivity index (χ4n) is 2.23. The summed E-state index contributed by atoms with van der Waals surface area (Å²) in [6.45, 7) is 5.35. The lowest BCUT2D eigenvalue weighted by atomic mass is 10.1. The maximum Gasteiger partial charge on any atom is 0.223 e. The van der Waals surface area contributed by atoms with E-state index < -0.39 is 0 Å². The molecule has 0 spiro atoms. The first-order valence-corrected chi connectivity index (χ1v) is 8.62. The Kier molecular flexibility index (Phi) is 4.69. The fourth-order valence-corrected chi connectivity index (χ4v) is 3.33. The van der Waals surface area contributed by atoms with Crippen molar-refractivity contribution in [3.8, 4) is 16.9 Å². The van der Waals surface area contributed by atoms with Gasteiger partial charge < -0.3 is 10.1 Å². The number of hydrogen-bond donors (Lipinski definition) is 1. The first-order chi connectivity index (χ1) is 11.4. The van der Waals surface area contributed by atoms with E-state index in [1.54, 1.807) is 6.20 Å². The van der Waals surface area contributed by atoms with E-state index in [2.05, 4.69) is 15.3 Å². The monoisotopic (exact) mass is 361 g/mol. The highest BCUT2D eigenvalue weighted by molar-refractivity contribution is 7.22. The molecular weight excluding hydrogens is 346 g/mol. The highest BCUT2D eigenvalue weighted by Gasteiger charge is 2.10. The second-order valence-electron chi connectivity index (χ2n) is 5.56. The molecule has 0 aliphatic carbocycles. The van der Waals surface area contributed by atoms with E-state index in [1.165, 1.54) is 18.3 Å². The Morgan fingerprint density at radius 1 is 1.29 bits per heavy atom. The average molecular weight is 362 g/mol. The zero-order valence-corrected chi connectivity index (χ0v) is 15.0. The quantitative estimate of drug-likeness (QED) is 0.680. The number of nitrogens with one attached hydrogen (secondary N) is 1. The first kappa shape index (κ1) is 16.7. The number of thiazole rings is 1. The van der Waals surface area contributed by atoms with E-state index in [9.17, 15) is 4.79 Å². The molecule has 1 amide bonds. The molecule has 0 unspecified atom stereocenters. The Hall–Kier alpha value is -2.18. The number of fused-ring (bicyclic) bond motifs is 1. The molecule has 0 saturated carbocycles. The van der Waals surface area contributed by atoms with Crippen LogP contribution in [-0.2, 0) is 4.79 Å². The molecule has 2 aromatic heterocycles. The van der Waals surface area contributed by atoms with Gasteiger partial charge in [-0.1, -0.05) is 29.0 Å².